The summed E-state index contributed by atoms with van der Waals surface area (Å²) in [6.07, 6.45) is 5.51. The molecule has 3 heterocycles. The summed E-state index contributed by atoms with van der Waals surface area (Å²) in [7, 11) is -3.01. The highest BCUT2D eigenvalue weighted by atomic mass is 32.2. The molecule has 0 N–H and O–H groups in total. The Kier molecular flexibility index (Phi) is 3.14. The van der Waals surface area contributed by atoms with Gasteiger partial charge in [-0.05, 0) is 25.7 Å². The second-order valence-corrected chi connectivity index (χ2v) is 9.11. The molecule has 3 aliphatic rings. The van der Waals surface area contributed by atoms with Crippen LogP contribution < -0.4 is 0 Å². The standard InChI is InChI=1S/C13H19N3O2S2/c17-20(18,10-1-2-10)16-7-4-11-12(16)3-6-15(11)9-13-14-5-8-19-13/h5,8,10-12H,1-4,6-7,9H2/t11-,12+/m1/s1. The van der Waals surface area contributed by atoms with E-state index in [1.165, 1.54) is 0 Å². The zero-order valence-corrected chi connectivity index (χ0v) is 12.9. The molecule has 2 aliphatic heterocycles. The van der Waals surface area contributed by atoms with Crippen molar-refractivity contribution < 1.29 is 8.42 Å². The molecule has 7 heteroatoms. The van der Waals surface area contributed by atoms with E-state index < -0.39 is 10.0 Å². The zero-order chi connectivity index (χ0) is 13.7. The lowest BCUT2D eigenvalue weighted by Gasteiger charge is -2.24. The maximum Gasteiger partial charge on any atom is 0.217 e. The SMILES string of the molecule is O=S(=O)(C1CC1)N1CC[C@@H]2[C@@H]1CCN2Cc1nccs1. The first kappa shape index (κ1) is 13.2. The third-order valence-corrected chi connectivity index (χ3v) is 7.92. The van der Waals surface area contributed by atoms with Crippen molar-refractivity contribution >= 4 is 21.4 Å². The Bertz CT molecular complexity index is 583. The number of rotatable bonds is 4. The molecule has 0 spiro atoms. The average Bonchev–Trinajstić information content (AvgIpc) is 2.86. The Morgan fingerprint density at radius 1 is 1.20 bits per heavy atom. The van der Waals surface area contributed by atoms with E-state index in [-0.39, 0.29) is 11.3 Å². The minimum Gasteiger partial charge on any atom is -0.292 e. The summed E-state index contributed by atoms with van der Waals surface area (Å²) in [6.45, 7) is 2.57. The molecule has 2 saturated heterocycles. The van der Waals surface area contributed by atoms with Gasteiger partial charge in [-0.15, -0.1) is 11.3 Å². The van der Waals surface area contributed by atoms with Gasteiger partial charge >= 0.3 is 0 Å². The molecule has 0 aromatic carbocycles. The van der Waals surface area contributed by atoms with Gasteiger partial charge in [0.15, 0.2) is 0 Å². The monoisotopic (exact) mass is 313 g/mol. The molecule has 0 radical (unpaired) electrons. The summed E-state index contributed by atoms with van der Waals surface area (Å²) in [5.74, 6) is 0. The molecule has 1 saturated carbocycles. The second-order valence-electron chi connectivity index (χ2n) is 5.96. The number of nitrogens with zero attached hydrogens (tertiary/aromatic N) is 3. The van der Waals surface area contributed by atoms with Gasteiger partial charge in [-0.1, -0.05) is 0 Å². The van der Waals surface area contributed by atoms with Gasteiger partial charge < -0.3 is 0 Å². The Morgan fingerprint density at radius 3 is 2.70 bits per heavy atom. The van der Waals surface area contributed by atoms with Crippen molar-refractivity contribution in [2.24, 2.45) is 0 Å². The van der Waals surface area contributed by atoms with Crippen molar-refractivity contribution in [1.29, 1.82) is 0 Å². The highest BCUT2D eigenvalue weighted by Gasteiger charge is 2.50. The molecular formula is C13H19N3O2S2. The van der Waals surface area contributed by atoms with E-state index in [9.17, 15) is 8.42 Å². The lowest BCUT2D eigenvalue weighted by molar-refractivity contribution is 0.240. The van der Waals surface area contributed by atoms with E-state index in [4.69, 9.17) is 0 Å². The summed E-state index contributed by atoms with van der Waals surface area (Å²) < 4.78 is 26.7. The van der Waals surface area contributed by atoms with Gasteiger partial charge in [-0.25, -0.2) is 13.4 Å². The van der Waals surface area contributed by atoms with Gasteiger partial charge in [0, 0.05) is 36.8 Å². The molecule has 0 unspecified atom stereocenters. The predicted molar refractivity (Wildman–Crippen MR) is 78.0 cm³/mol. The fourth-order valence-electron chi connectivity index (χ4n) is 3.61. The third kappa shape index (κ3) is 2.11. The van der Waals surface area contributed by atoms with Gasteiger partial charge in [0.25, 0.3) is 0 Å². The minimum atomic E-state index is -3.01. The van der Waals surface area contributed by atoms with Crippen molar-refractivity contribution in [2.45, 2.75) is 49.6 Å². The second kappa shape index (κ2) is 4.76. The lowest BCUT2D eigenvalue weighted by atomic mass is 10.1. The Morgan fingerprint density at radius 2 is 2.00 bits per heavy atom. The molecule has 1 aromatic rings. The van der Waals surface area contributed by atoms with Crippen molar-refractivity contribution in [3.63, 3.8) is 0 Å². The van der Waals surface area contributed by atoms with Crippen LogP contribution in [0.5, 0.6) is 0 Å². The summed E-state index contributed by atoms with van der Waals surface area (Å²) in [4.78, 5) is 6.77. The van der Waals surface area contributed by atoms with Crippen LogP contribution >= 0.6 is 11.3 Å². The quantitative estimate of drug-likeness (QED) is 0.840. The fourth-order valence-corrected chi connectivity index (χ4v) is 6.35. The van der Waals surface area contributed by atoms with Gasteiger partial charge in [0.05, 0.1) is 11.8 Å². The predicted octanol–water partition coefficient (Wildman–Crippen LogP) is 1.28. The summed E-state index contributed by atoms with van der Waals surface area (Å²) >= 11 is 1.68. The molecular weight excluding hydrogens is 294 g/mol. The number of hydrogen-bond donors (Lipinski definition) is 0. The van der Waals surface area contributed by atoms with E-state index in [0.717, 1.165) is 43.8 Å². The first-order chi connectivity index (χ1) is 9.66. The molecule has 1 aliphatic carbocycles. The normalized spacial score (nSPS) is 31.8. The summed E-state index contributed by atoms with van der Waals surface area (Å²) in [5.41, 5.74) is 0. The van der Waals surface area contributed by atoms with Crippen molar-refractivity contribution in [3.8, 4) is 0 Å². The molecule has 0 bridgehead atoms. The van der Waals surface area contributed by atoms with E-state index >= 15 is 0 Å². The van der Waals surface area contributed by atoms with Crippen molar-refractivity contribution in [1.82, 2.24) is 14.2 Å². The molecule has 4 rings (SSSR count). The summed E-state index contributed by atoms with van der Waals surface area (Å²) in [5, 5.41) is 3.06. The van der Waals surface area contributed by atoms with Crippen LogP contribution in [-0.2, 0) is 16.6 Å². The summed E-state index contributed by atoms with van der Waals surface area (Å²) in [6, 6.07) is 0.605. The molecule has 110 valence electrons. The first-order valence-electron chi connectivity index (χ1n) is 7.29. The van der Waals surface area contributed by atoms with Gasteiger partial charge in [-0.2, -0.15) is 4.31 Å². The molecule has 5 nitrogen and oxygen atoms in total. The molecule has 1 aromatic heterocycles. The van der Waals surface area contributed by atoms with E-state index in [0.29, 0.717) is 12.6 Å². The van der Waals surface area contributed by atoms with Crippen molar-refractivity contribution in [2.75, 3.05) is 13.1 Å². The number of thiazole rings is 1. The number of aromatic nitrogens is 1. The number of likely N-dealkylation sites (tertiary alicyclic amines) is 1. The van der Waals surface area contributed by atoms with Crippen LogP contribution in [-0.4, -0.2) is 53.0 Å². The molecule has 2 atom stereocenters. The fraction of sp³-hybridized carbons (Fsp3) is 0.769. The Balaban J connectivity index is 1.49. The molecule has 20 heavy (non-hydrogen) atoms. The lowest BCUT2D eigenvalue weighted by Crippen LogP contribution is -2.41. The molecule has 3 fully saturated rings. The van der Waals surface area contributed by atoms with Gasteiger partial charge in [0.2, 0.25) is 10.0 Å². The van der Waals surface area contributed by atoms with Crippen LogP contribution in [0.3, 0.4) is 0 Å². The van der Waals surface area contributed by atoms with Gasteiger partial charge in [0.1, 0.15) is 5.01 Å². The number of fused-ring (bicyclic) bond motifs is 1. The highest BCUT2D eigenvalue weighted by Crippen LogP contribution is 2.39. The van der Waals surface area contributed by atoms with Crippen molar-refractivity contribution in [3.05, 3.63) is 16.6 Å². The smallest absolute Gasteiger partial charge is 0.217 e. The van der Waals surface area contributed by atoms with Crippen LogP contribution in [0.25, 0.3) is 0 Å². The number of hydrogen-bond acceptors (Lipinski definition) is 5. The average molecular weight is 313 g/mol. The van der Waals surface area contributed by atoms with E-state index in [2.05, 4.69) is 9.88 Å². The maximum atomic E-state index is 12.5. The number of sulfonamides is 1. The minimum absolute atomic E-state index is 0.0748. The topological polar surface area (TPSA) is 53.5 Å². The molecule has 0 amide bonds. The Hall–Kier alpha value is -0.500. The van der Waals surface area contributed by atoms with Gasteiger partial charge in [-0.3, -0.25) is 4.90 Å². The van der Waals surface area contributed by atoms with Crippen LogP contribution in [0.15, 0.2) is 11.6 Å². The van der Waals surface area contributed by atoms with Crippen LogP contribution in [0.4, 0.5) is 0 Å². The zero-order valence-electron chi connectivity index (χ0n) is 11.3. The largest absolute Gasteiger partial charge is 0.292 e. The Labute approximate surface area is 123 Å². The van der Waals surface area contributed by atoms with E-state index in [1.807, 2.05) is 15.9 Å². The highest BCUT2D eigenvalue weighted by molar-refractivity contribution is 7.90. The maximum absolute atomic E-state index is 12.5. The van der Waals surface area contributed by atoms with E-state index in [1.54, 1.807) is 11.3 Å². The first-order valence-corrected chi connectivity index (χ1v) is 9.67. The third-order valence-electron chi connectivity index (χ3n) is 4.73. The van der Waals surface area contributed by atoms with Crippen LogP contribution in [0, 0.1) is 0 Å². The van der Waals surface area contributed by atoms with Crippen LogP contribution in [0.1, 0.15) is 30.7 Å². The van der Waals surface area contributed by atoms with Crippen LogP contribution in [0.2, 0.25) is 0 Å².